The highest BCUT2D eigenvalue weighted by atomic mass is 16.5. The van der Waals surface area contributed by atoms with Crippen LogP contribution in [-0.4, -0.2) is 43.8 Å². The van der Waals surface area contributed by atoms with Gasteiger partial charge in [-0.15, -0.1) is 0 Å². The van der Waals surface area contributed by atoms with Gasteiger partial charge in [0.25, 0.3) is 0 Å². The summed E-state index contributed by atoms with van der Waals surface area (Å²) in [5.74, 6) is 0. The van der Waals surface area contributed by atoms with E-state index in [2.05, 4.69) is 23.2 Å². The summed E-state index contributed by atoms with van der Waals surface area (Å²) in [4.78, 5) is 2.41. The van der Waals surface area contributed by atoms with Crippen molar-refractivity contribution < 1.29 is 4.74 Å². The van der Waals surface area contributed by atoms with Crippen LogP contribution in [0.5, 0.6) is 0 Å². The fourth-order valence-electron chi connectivity index (χ4n) is 2.32. The highest BCUT2D eigenvalue weighted by Crippen LogP contribution is 2.06. The maximum Gasteiger partial charge on any atom is 0.0991 e. The predicted octanol–water partition coefficient (Wildman–Crippen LogP) is 1.37. The van der Waals surface area contributed by atoms with Crippen LogP contribution in [-0.2, 0) is 11.3 Å². The molecule has 0 amide bonds. The molecule has 4 nitrogen and oxygen atoms in total. The second kappa shape index (κ2) is 7.25. The van der Waals surface area contributed by atoms with Gasteiger partial charge in [0.2, 0.25) is 0 Å². The molecule has 1 atom stereocenters. The third-order valence-electron chi connectivity index (χ3n) is 3.43. The summed E-state index contributed by atoms with van der Waals surface area (Å²) >= 11 is 0. The number of hydrogen-bond donors (Lipinski definition) is 1. The standard InChI is InChI=1S/C15H21N3O/c1-2-18-6-7-19-15(12-18)11-17-10-14-5-3-4-13(8-14)9-16/h3-5,8,15,17H,2,6-7,10-12H2,1H3. The molecule has 2 rings (SSSR count). The molecule has 1 fully saturated rings. The van der Waals surface area contributed by atoms with Crippen molar-refractivity contribution in [1.29, 1.82) is 5.26 Å². The molecule has 1 heterocycles. The zero-order valence-corrected chi connectivity index (χ0v) is 11.4. The number of ether oxygens (including phenoxy) is 1. The Morgan fingerprint density at radius 2 is 2.42 bits per heavy atom. The Labute approximate surface area is 115 Å². The fourth-order valence-corrected chi connectivity index (χ4v) is 2.32. The van der Waals surface area contributed by atoms with Gasteiger partial charge in [0, 0.05) is 26.2 Å². The molecular formula is C15H21N3O. The maximum atomic E-state index is 8.85. The first-order chi connectivity index (χ1) is 9.31. The second-order valence-electron chi connectivity index (χ2n) is 4.83. The van der Waals surface area contributed by atoms with E-state index in [0.717, 1.165) is 44.9 Å². The summed E-state index contributed by atoms with van der Waals surface area (Å²) < 4.78 is 5.74. The molecule has 4 heteroatoms. The van der Waals surface area contributed by atoms with Crippen molar-refractivity contribution in [3.05, 3.63) is 35.4 Å². The average molecular weight is 259 g/mol. The smallest absolute Gasteiger partial charge is 0.0991 e. The van der Waals surface area contributed by atoms with Crippen LogP contribution < -0.4 is 5.32 Å². The van der Waals surface area contributed by atoms with Gasteiger partial charge < -0.3 is 10.1 Å². The van der Waals surface area contributed by atoms with Gasteiger partial charge in [-0.2, -0.15) is 5.26 Å². The number of morpholine rings is 1. The average Bonchev–Trinajstić information content (AvgIpc) is 2.48. The van der Waals surface area contributed by atoms with Crippen molar-refractivity contribution in [3.63, 3.8) is 0 Å². The lowest BCUT2D eigenvalue weighted by Gasteiger charge is -2.32. The van der Waals surface area contributed by atoms with Crippen molar-refractivity contribution in [2.24, 2.45) is 0 Å². The molecule has 102 valence electrons. The molecule has 1 aliphatic rings. The Morgan fingerprint density at radius 1 is 1.53 bits per heavy atom. The third kappa shape index (κ3) is 4.32. The van der Waals surface area contributed by atoms with Crippen LogP contribution in [0.2, 0.25) is 0 Å². The summed E-state index contributed by atoms with van der Waals surface area (Å²) in [6, 6.07) is 9.87. The number of nitrogens with one attached hydrogen (secondary N) is 1. The molecule has 0 bridgehead atoms. The van der Waals surface area contributed by atoms with Crippen LogP contribution in [0.4, 0.5) is 0 Å². The van der Waals surface area contributed by atoms with Crippen LogP contribution in [0, 0.1) is 11.3 Å². The molecule has 0 saturated carbocycles. The minimum Gasteiger partial charge on any atom is -0.374 e. The SMILES string of the molecule is CCN1CCOC(CNCc2cccc(C#N)c2)C1. The molecule has 0 aliphatic carbocycles. The van der Waals surface area contributed by atoms with E-state index >= 15 is 0 Å². The van der Waals surface area contributed by atoms with E-state index in [4.69, 9.17) is 10.00 Å². The van der Waals surface area contributed by atoms with Gasteiger partial charge in [0.05, 0.1) is 24.3 Å². The summed E-state index contributed by atoms with van der Waals surface area (Å²) in [5, 5.41) is 12.3. The van der Waals surface area contributed by atoms with Crippen LogP contribution in [0.25, 0.3) is 0 Å². The van der Waals surface area contributed by atoms with Gasteiger partial charge in [-0.3, -0.25) is 4.90 Å². The molecule has 1 unspecified atom stereocenters. The number of hydrogen-bond acceptors (Lipinski definition) is 4. The number of rotatable bonds is 5. The van der Waals surface area contributed by atoms with E-state index in [1.165, 1.54) is 0 Å². The van der Waals surface area contributed by atoms with Crippen LogP contribution >= 0.6 is 0 Å². The number of nitrogens with zero attached hydrogens (tertiary/aromatic N) is 2. The zero-order chi connectivity index (χ0) is 13.5. The third-order valence-corrected chi connectivity index (χ3v) is 3.43. The monoisotopic (exact) mass is 259 g/mol. The van der Waals surface area contributed by atoms with Crippen molar-refractivity contribution in [2.45, 2.75) is 19.6 Å². The molecule has 1 aliphatic heterocycles. The summed E-state index contributed by atoms with van der Waals surface area (Å²) in [6.07, 6.45) is 0.271. The van der Waals surface area contributed by atoms with Gasteiger partial charge in [-0.1, -0.05) is 19.1 Å². The number of benzene rings is 1. The molecule has 19 heavy (non-hydrogen) atoms. The van der Waals surface area contributed by atoms with Crippen LogP contribution in [0.15, 0.2) is 24.3 Å². The van der Waals surface area contributed by atoms with Gasteiger partial charge >= 0.3 is 0 Å². The first-order valence-corrected chi connectivity index (χ1v) is 6.85. The highest BCUT2D eigenvalue weighted by molar-refractivity contribution is 5.32. The Bertz CT molecular complexity index is 441. The minimum absolute atomic E-state index is 0.271. The predicted molar refractivity (Wildman–Crippen MR) is 74.7 cm³/mol. The van der Waals surface area contributed by atoms with Crippen LogP contribution in [0.3, 0.4) is 0 Å². The fraction of sp³-hybridized carbons (Fsp3) is 0.533. The van der Waals surface area contributed by atoms with E-state index in [9.17, 15) is 0 Å². The van der Waals surface area contributed by atoms with Gasteiger partial charge in [0.15, 0.2) is 0 Å². The van der Waals surface area contributed by atoms with Gasteiger partial charge in [0.1, 0.15) is 0 Å². The van der Waals surface area contributed by atoms with E-state index in [-0.39, 0.29) is 6.10 Å². The molecule has 1 aromatic carbocycles. The zero-order valence-electron chi connectivity index (χ0n) is 11.4. The second-order valence-corrected chi connectivity index (χ2v) is 4.83. The Morgan fingerprint density at radius 3 is 3.21 bits per heavy atom. The van der Waals surface area contributed by atoms with Gasteiger partial charge in [-0.25, -0.2) is 0 Å². The number of likely N-dealkylation sites (N-methyl/N-ethyl adjacent to an activating group) is 1. The van der Waals surface area contributed by atoms with Crippen molar-refractivity contribution in [3.8, 4) is 6.07 Å². The van der Waals surface area contributed by atoms with E-state index in [0.29, 0.717) is 5.56 Å². The first kappa shape index (κ1) is 14.0. The van der Waals surface area contributed by atoms with E-state index in [1.54, 1.807) is 0 Å². The molecule has 1 saturated heterocycles. The molecule has 0 spiro atoms. The minimum atomic E-state index is 0.271. The van der Waals surface area contributed by atoms with Gasteiger partial charge in [-0.05, 0) is 24.2 Å². The van der Waals surface area contributed by atoms with Crippen LogP contribution in [0.1, 0.15) is 18.1 Å². The topological polar surface area (TPSA) is 48.3 Å². The Kier molecular flexibility index (Phi) is 5.34. The highest BCUT2D eigenvalue weighted by Gasteiger charge is 2.18. The summed E-state index contributed by atoms with van der Waals surface area (Å²) in [5.41, 5.74) is 1.85. The lowest BCUT2D eigenvalue weighted by Crippen LogP contribution is -2.46. The molecule has 0 radical (unpaired) electrons. The van der Waals surface area contributed by atoms with E-state index in [1.807, 2.05) is 24.3 Å². The van der Waals surface area contributed by atoms with Crippen molar-refractivity contribution in [2.75, 3.05) is 32.8 Å². The summed E-state index contributed by atoms with van der Waals surface area (Å²) in [7, 11) is 0. The molecule has 1 aromatic rings. The normalized spacial score (nSPS) is 20.1. The lowest BCUT2D eigenvalue weighted by atomic mass is 10.1. The first-order valence-electron chi connectivity index (χ1n) is 6.85. The molecular weight excluding hydrogens is 238 g/mol. The van der Waals surface area contributed by atoms with Crippen molar-refractivity contribution >= 4 is 0 Å². The Hall–Kier alpha value is -1.41. The lowest BCUT2D eigenvalue weighted by molar-refractivity contribution is -0.0253. The quantitative estimate of drug-likeness (QED) is 0.867. The molecule has 1 N–H and O–H groups in total. The maximum absolute atomic E-state index is 8.85. The summed E-state index contributed by atoms with van der Waals surface area (Å²) in [6.45, 7) is 7.77. The molecule has 0 aromatic heterocycles. The largest absolute Gasteiger partial charge is 0.374 e. The Balaban J connectivity index is 1.75. The number of nitriles is 1. The van der Waals surface area contributed by atoms with E-state index < -0.39 is 0 Å². The van der Waals surface area contributed by atoms with Crippen molar-refractivity contribution in [1.82, 2.24) is 10.2 Å².